The predicted molar refractivity (Wildman–Crippen MR) is 85.3 cm³/mol. The molecule has 0 aliphatic carbocycles. The molecule has 2 aromatic rings. The van der Waals surface area contributed by atoms with Crippen LogP contribution in [-0.4, -0.2) is 23.5 Å². The molecule has 1 amide bonds. The molecule has 1 aromatic carbocycles. The Morgan fingerprint density at radius 3 is 2.68 bits per heavy atom. The summed E-state index contributed by atoms with van der Waals surface area (Å²) in [5.41, 5.74) is 0.548. The number of carbonyl (C=O) groups is 1. The van der Waals surface area contributed by atoms with E-state index in [1.54, 1.807) is 6.92 Å². The summed E-state index contributed by atoms with van der Waals surface area (Å²) >= 11 is 0. The molecule has 5 heteroatoms. The maximum absolute atomic E-state index is 12.1. The van der Waals surface area contributed by atoms with Crippen molar-refractivity contribution >= 4 is 5.91 Å². The van der Waals surface area contributed by atoms with Gasteiger partial charge < -0.3 is 15.0 Å². The van der Waals surface area contributed by atoms with Crippen molar-refractivity contribution in [2.24, 2.45) is 0 Å². The lowest BCUT2D eigenvalue weighted by Crippen LogP contribution is -2.37. The van der Waals surface area contributed by atoms with Crippen LogP contribution >= 0.6 is 0 Å². The van der Waals surface area contributed by atoms with Crippen LogP contribution < -0.4 is 15.5 Å². The molecule has 22 heavy (non-hydrogen) atoms. The number of rotatable bonds is 6. The number of aryl methyl sites for hydroxylation is 1. The van der Waals surface area contributed by atoms with Crippen molar-refractivity contribution in [3.05, 3.63) is 64.1 Å². The Balaban J connectivity index is 1.95. The summed E-state index contributed by atoms with van der Waals surface area (Å²) in [4.78, 5) is 26.7. The molecule has 2 rings (SSSR count). The average molecular weight is 300 g/mol. The zero-order valence-electron chi connectivity index (χ0n) is 12.8. The Kier molecular flexibility index (Phi) is 5.36. The van der Waals surface area contributed by atoms with E-state index in [2.05, 4.69) is 10.3 Å². The van der Waals surface area contributed by atoms with Crippen LogP contribution in [0.15, 0.2) is 47.4 Å². The topological polar surface area (TPSA) is 71.2 Å². The zero-order chi connectivity index (χ0) is 15.9. The first-order valence-electron chi connectivity index (χ1n) is 7.29. The minimum Gasteiger partial charge on any atom is -0.489 e. The summed E-state index contributed by atoms with van der Waals surface area (Å²) in [5.74, 6) is 0.369. The maximum atomic E-state index is 12.1. The van der Waals surface area contributed by atoms with E-state index in [9.17, 15) is 9.59 Å². The molecule has 0 saturated heterocycles. The molecule has 0 aliphatic rings. The summed E-state index contributed by atoms with van der Waals surface area (Å²) in [5, 5.41) is 2.75. The normalized spacial score (nSPS) is 11.7. The fourth-order valence-corrected chi connectivity index (χ4v) is 2.01. The Labute approximate surface area is 129 Å². The minimum absolute atomic E-state index is 0.111. The summed E-state index contributed by atoms with van der Waals surface area (Å²) in [6, 6.07) is 10.9. The van der Waals surface area contributed by atoms with Crippen molar-refractivity contribution in [1.29, 1.82) is 0 Å². The molecule has 0 bridgehead atoms. The lowest BCUT2D eigenvalue weighted by molar-refractivity contribution is 0.0924. The van der Waals surface area contributed by atoms with Crippen LogP contribution in [0.2, 0.25) is 0 Å². The molecular weight excluding hydrogens is 280 g/mol. The van der Waals surface area contributed by atoms with Crippen molar-refractivity contribution < 1.29 is 9.53 Å². The number of para-hydroxylation sites is 1. The van der Waals surface area contributed by atoms with Crippen molar-refractivity contribution in [3.63, 3.8) is 0 Å². The third kappa shape index (κ3) is 4.22. The van der Waals surface area contributed by atoms with E-state index in [0.29, 0.717) is 6.54 Å². The van der Waals surface area contributed by atoms with Gasteiger partial charge in [0, 0.05) is 18.0 Å². The molecule has 0 saturated carbocycles. The van der Waals surface area contributed by atoms with Gasteiger partial charge in [-0.15, -0.1) is 0 Å². The van der Waals surface area contributed by atoms with Crippen LogP contribution in [0.25, 0.3) is 0 Å². The molecule has 1 unspecified atom stereocenters. The number of nitrogens with one attached hydrogen (secondary N) is 2. The molecule has 116 valence electrons. The summed E-state index contributed by atoms with van der Waals surface area (Å²) in [6.07, 6.45) is 2.04. The molecule has 1 heterocycles. The Morgan fingerprint density at radius 1 is 1.32 bits per heavy atom. The monoisotopic (exact) mass is 300 g/mol. The van der Waals surface area contributed by atoms with Gasteiger partial charge in [-0.05, 0) is 25.5 Å². The number of carbonyl (C=O) groups excluding carboxylic acids is 1. The van der Waals surface area contributed by atoms with Gasteiger partial charge in [0.05, 0.1) is 6.54 Å². The Morgan fingerprint density at radius 2 is 2.05 bits per heavy atom. The highest BCUT2D eigenvalue weighted by Crippen LogP contribution is 2.12. The van der Waals surface area contributed by atoms with Crippen LogP contribution in [0.5, 0.6) is 5.75 Å². The van der Waals surface area contributed by atoms with Gasteiger partial charge in [0.25, 0.3) is 5.91 Å². The van der Waals surface area contributed by atoms with Gasteiger partial charge in [-0.3, -0.25) is 9.59 Å². The molecule has 2 N–H and O–H groups in total. The fourth-order valence-electron chi connectivity index (χ4n) is 2.01. The van der Waals surface area contributed by atoms with E-state index < -0.39 is 5.91 Å². The average Bonchev–Trinajstić information content (AvgIpc) is 2.52. The van der Waals surface area contributed by atoms with Crippen LogP contribution in [0.3, 0.4) is 0 Å². The van der Waals surface area contributed by atoms with Crippen molar-refractivity contribution in [2.45, 2.75) is 26.4 Å². The molecule has 0 fully saturated rings. The molecular formula is C17H20N2O3. The summed E-state index contributed by atoms with van der Waals surface area (Å²) in [7, 11) is 0. The number of benzene rings is 1. The number of hydrogen-bond donors (Lipinski definition) is 2. The first-order chi connectivity index (χ1) is 10.6. The lowest BCUT2D eigenvalue weighted by atomic mass is 10.2. The van der Waals surface area contributed by atoms with E-state index in [1.807, 2.05) is 37.3 Å². The molecule has 5 nitrogen and oxygen atoms in total. The third-order valence-corrected chi connectivity index (χ3v) is 3.29. The quantitative estimate of drug-likeness (QED) is 0.859. The smallest absolute Gasteiger partial charge is 0.256 e. The van der Waals surface area contributed by atoms with Crippen molar-refractivity contribution in [1.82, 2.24) is 10.3 Å². The lowest BCUT2D eigenvalue weighted by Gasteiger charge is -2.18. The van der Waals surface area contributed by atoms with Crippen LogP contribution in [0.4, 0.5) is 0 Å². The van der Waals surface area contributed by atoms with Crippen LogP contribution in [0, 0.1) is 6.92 Å². The van der Waals surface area contributed by atoms with E-state index in [-0.39, 0.29) is 17.1 Å². The fraction of sp³-hybridized carbons (Fsp3) is 0.294. The number of amides is 1. The van der Waals surface area contributed by atoms with E-state index in [4.69, 9.17) is 4.74 Å². The second kappa shape index (κ2) is 7.45. The number of H-pyrrole nitrogens is 1. The third-order valence-electron chi connectivity index (χ3n) is 3.29. The number of pyridine rings is 1. The highest BCUT2D eigenvalue weighted by Gasteiger charge is 2.13. The van der Waals surface area contributed by atoms with Gasteiger partial charge in [-0.1, -0.05) is 25.1 Å². The van der Waals surface area contributed by atoms with Crippen molar-refractivity contribution in [2.75, 3.05) is 6.54 Å². The van der Waals surface area contributed by atoms with Gasteiger partial charge in [0.15, 0.2) is 5.43 Å². The van der Waals surface area contributed by atoms with E-state index >= 15 is 0 Å². The van der Waals surface area contributed by atoms with Crippen molar-refractivity contribution in [3.8, 4) is 5.75 Å². The number of aromatic nitrogens is 1. The summed E-state index contributed by atoms with van der Waals surface area (Å²) in [6.45, 7) is 4.10. The van der Waals surface area contributed by atoms with Crippen LogP contribution in [0.1, 0.15) is 29.4 Å². The number of hydrogen-bond acceptors (Lipinski definition) is 3. The van der Waals surface area contributed by atoms with E-state index in [0.717, 1.165) is 17.9 Å². The summed E-state index contributed by atoms with van der Waals surface area (Å²) < 4.78 is 5.80. The second-order valence-electron chi connectivity index (χ2n) is 5.07. The van der Waals surface area contributed by atoms with Crippen LogP contribution in [-0.2, 0) is 0 Å². The molecule has 0 radical (unpaired) electrons. The largest absolute Gasteiger partial charge is 0.489 e. The van der Waals surface area contributed by atoms with Gasteiger partial charge in [0.1, 0.15) is 17.4 Å². The van der Waals surface area contributed by atoms with Gasteiger partial charge in [-0.2, -0.15) is 0 Å². The molecule has 0 spiro atoms. The first kappa shape index (κ1) is 15.8. The number of aromatic amines is 1. The van der Waals surface area contributed by atoms with Gasteiger partial charge in [0.2, 0.25) is 0 Å². The van der Waals surface area contributed by atoms with E-state index in [1.165, 1.54) is 12.3 Å². The zero-order valence-corrected chi connectivity index (χ0v) is 12.8. The highest BCUT2D eigenvalue weighted by atomic mass is 16.5. The highest BCUT2D eigenvalue weighted by molar-refractivity contribution is 5.93. The minimum atomic E-state index is -0.392. The second-order valence-corrected chi connectivity index (χ2v) is 5.07. The SMILES string of the molecule is CCC(CNC(=O)c1c[nH]c(C)cc1=O)Oc1ccccc1. The predicted octanol–water partition coefficient (Wildman–Crippen LogP) is 2.27. The Hall–Kier alpha value is -2.56. The standard InChI is InChI=1S/C17H20N2O3/c1-3-13(22-14-7-5-4-6-8-14)10-19-17(21)15-11-18-12(2)9-16(15)20/h4-9,11,13H,3,10H2,1-2H3,(H,18,20)(H,19,21). The molecule has 1 aromatic heterocycles. The number of ether oxygens (including phenoxy) is 1. The van der Waals surface area contributed by atoms with Gasteiger partial charge in [-0.25, -0.2) is 0 Å². The maximum Gasteiger partial charge on any atom is 0.256 e. The molecule has 1 atom stereocenters. The first-order valence-corrected chi connectivity index (χ1v) is 7.29. The Bertz CT molecular complexity index is 680. The molecule has 0 aliphatic heterocycles. The van der Waals surface area contributed by atoms with Gasteiger partial charge >= 0.3 is 0 Å².